The fourth-order valence-corrected chi connectivity index (χ4v) is 5.06. The third kappa shape index (κ3) is 3.88. The van der Waals surface area contributed by atoms with E-state index < -0.39 is 0 Å². The van der Waals surface area contributed by atoms with Crippen molar-refractivity contribution < 1.29 is 4.79 Å². The van der Waals surface area contributed by atoms with Crippen molar-refractivity contribution in [3.8, 4) is 16.9 Å². The number of para-hydroxylation sites is 1. The lowest BCUT2D eigenvalue weighted by Crippen LogP contribution is -2.22. The molecule has 32 heavy (non-hydrogen) atoms. The Morgan fingerprint density at radius 1 is 1.00 bits per heavy atom. The molecule has 0 aliphatic carbocycles. The van der Waals surface area contributed by atoms with Gasteiger partial charge in [-0.1, -0.05) is 59.6 Å². The zero-order valence-corrected chi connectivity index (χ0v) is 19.0. The molecule has 0 bridgehead atoms. The average Bonchev–Trinajstić information content (AvgIpc) is 3.37. The van der Waals surface area contributed by atoms with Crippen molar-refractivity contribution in [1.29, 1.82) is 0 Å². The number of carbonyl (C=O) groups excluding carboxylic acids is 1. The largest absolute Gasteiger partial charge is 0.347 e. The Morgan fingerprint density at radius 2 is 1.78 bits per heavy atom. The number of hydrogen-bond acceptors (Lipinski definition) is 4. The summed E-state index contributed by atoms with van der Waals surface area (Å²) in [6.07, 6.45) is 3.42. The van der Waals surface area contributed by atoms with Crippen molar-refractivity contribution in [3.05, 3.63) is 99.6 Å². The minimum Gasteiger partial charge on any atom is -0.347 e. The maximum absolute atomic E-state index is 13.0. The Morgan fingerprint density at radius 3 is 2.50 bits per heavy atom. The number of fused-ring (bicyclic) bond motifs is 1. The van der Waals surface area contributed by atoms with Gasteiger partial charge in [0, 0.05) is 29.5 Å². The molecule has 1 amide bonds. The van der Waals surface area contributed by atoms with E-state index >= 15 is 0 Å². The predicted octanol–water partition coefficient (Wildman–Crippen LogP) is 6.39. The Hall–Kier alpha value is -3.19. The van der Waals surface area contributed by atoms with Crippen LogP contribution in [0.4, 0.5) is 0 Å². The van der Waals surface area contributed by atoms with E-state index in [1.807, 2.05) is 71.4 Å². The van der Waals surface area contributed by atoms with Gasteiger partial charge in [-0.15, -0.1) is 11.3 Å². The molecule has 0 spiro atoms. The molecule has 0 unspecified atom stereocenters. The zero-order valence-electron chi connectivity index (χ0n) is 16.6. The molecule has 0 radical (unpaired) electrons. The van der Waals surface area contributed by atoms with Crippen molar-refractivity contribution in [2.45, 2.75) is 6.54 Å². The summed E-state index contributed by atoms with van der Waals surface area (Å²) in [5, 5.41) is 9.54. The van der Waals surface area contributed by atoms with E-state index in [-0.39, 0.29) is 5.91 Å². The Bertz CT molecular complexity index is 1400. The molecule has 8 heteroatoms. The van der Waals surface area contributed by atoms with Gasteiger partial charge in [-0.05, 0) is 35.9 Å². The summed E-state index contributed by atoms with van der Waals surface area (Å²) < 4.78 is 1.83. The van der Waals surface area contributed by atoms with Crippen LogP contribution < -0.4 is 5.32 Å². The molecule has 0 saturated carbocycles. The first kappa shape index (κ1) is 20.7. The van der Waals surface area contributed by atoms with Crippen LogP contribution >= 0.6 is 34.5 Å². The second-order valence-corrected chi connectivity index (χ2v) is 8.89. The van der Waals surface area contributed by atoms with Crippen molar-refractivity contribution in [1.82, 2.24) is 20.1 Å². The quantitative estimate of drug-likeness (QED) is 0.318. The third-order valence-corrected chi connectivity index (χ3v) is 6.87. The van der Waals surface area contributed by atoms with E-state index in [1.54, 1.807) is 12.4 Å². The van der Waals surface area contributed by atoms with Crippen LogP contribution in [0.1, 0.15) is 15.2 Å². The lowest BCUT2D eigenvalue weighted by molar-refractivity contribution is 0.0955. The Balaban J connectivity index is 1.60. The maximum Gasteiger partial charge on any atom is 0.263 e. The summed E-state index contributed by atoms with van der Waals surface area (Å²) in [7, 11) is 0. The Kier molecular flexibility index (Phi) is 5.66. The molecule has 5 aromatic rings. The van der Waals surface area contributed by atoms with Crippen molar-refractivity contribution in [3.63, 3.8) is 0 Å². The van der Waals surface area contributed by atoms with Gasteiger partial charge in [-0.25, -0.2) is 4.68 Å². The summed E-state index contributed by atoms with van der Waals surface area (Å²) in [5.41, 5.74) is 3.37. The van der Waals surface area contributed by atoms with Gasteiger partial charge in [0.05, 0.1) is 16.1 Å². The van der Waals surface area contributed by atoms with Gasteiger partial charge in [0.2, 0.25) is 0 Å². The number of nitrogens with one attached hydrogen (secondary N) is 1. The molecule has 5 nitrogen and oxygen atoms in total. The summed E-state index contributed by atoms with van der Waals surface area (Å²) in [6, 6.07) is 20.9. The number of amides is 1. The van der Waals surface area contributed by atoms with Gasteiger partial charge < -0.3 is 5.32 Å². The summed E-state index contributed by atoms with van der Waals surface area (Å²) in [6.45, 7) is 0.367. The fourth-order valence-electron chi connectivity index (χ4n) is 3.42. The number of rotatable bonds is 5. The first-order valence-electron chi connectivity index (χ1n) is 9.81. The molecule has 0 aliphatic heterocycles. The van der Waals surface area contributed by atoms with Gasteiger partial charge in [-0.2, -0.15) is 5.10 Å². The highest BCUT2D eigenvalue weighted by atomic mass is 35.5. The zero-order chi connectivity index (χ0) is 22.1. The van der Waals surface area contributed by atoms with Crippen LogP contribution in [0, 0.1) is 0 Å². The number of aromatic nitrogens is 3. The molecule has 158 valence electrons. The minimum atomic E-state index is -0.235. The van der Waals surface area contributed by atoms with Crippen LogP contribution in [-0.4, -0.2) is 20.7 Å². The molecule has 0 aliphatic rings. The smallest absolute Gasteiger partial charge is 0.263 e. The van der Waals surface area contributed by atoms with Crippen LogP contribution in [0.3, 0.4) is 0 Å². The van der Waals surface area contributed by atoms with Crippen molar-refractivity contribution >= 4 is 50.7 Å². The molecule has 0 saturated heterocycles. The van der Waals surface area contributed by atoms with Gasteiger partial charge in [0.25, 0.3) is 5.91 Å². The van der Waals surface area contributed by atoms with E-state index in [2.05, 4.69) is 10.3 Å². The van der Waals surface area contributed by atoms with E-state index in [0.29, 0.717) is 27.2 Å². The van der Waals surface area contributed by atoms with Crippen LogP contribution in [0.5, 0.6) is 0 Å². The van der Waals surface area contributed by atoms with E-state index in [4.69, 9.17) is 28.3 Å². The monoisotopic (exact) mass is 478 g/mol. The average molecular weight is 479 g/mol. The summed E-state index contributed by atoms with van der Waals surface area (Å²) in [5.74, 6) is -0.235. The highest BCUT2D eigenvalue weighted by Gasteiger charge is 2.25. The standard InChI is InChI=1S/C24H16Cl2N4OS/c25-17-10-8-16(9-11-17)21-19-20(26)22(23(31)28-14-15-5-4-12-27-13-15)32-24(19)30(29-21)18-6-2-1-3-7-18/h1-13H,14H2,(H,28,31). The first-order valence-corrected chi connectivity index (χ1v) is 11.4. The topological polar surface area (TPSA) is 59.8 Å². The SMILES string of the molecule is O=C(NCc1cccnc1)c1sc2c(c(-c3ccc(Cl)cc3)nn2-c2ccccc2)c1Cl. The number of pyridine rings is 1. The number of benzene rings is 2. The molecular weight excluding hydrogens is 463 g/mol. The van der Waals surface area contributed by atoms with Crippen LogP contribution in [-0.2, 0) is 6.54 Å². The van der Waals surface area contributed by atoms with Crippen LogP contribution in [0.2, 0.25) is 10.0 Å². The number of thiophene rings is 1. The number of hydrogen-bond donors (Lipinski definition) is 1. The Labute approximate surface area is 198 Å². The maximum atomic E-state index is 13.0. The predicted molar refractivity (Wildman–Crippen MR) is 130 cm³/mol. The van der Waals surface area contributed by atoms with E-state index in [9.17, 15) is 4.79 Å². The summed E-state index contributed by atoms with van der Waals surface area (Å²) in [4.78, 5) is 18.3. The van der Waals surface area contributed by atoms with E-state index in [0.717, 1.165) is 27.0 Å². The first-order chi connectivity index (χ1) is 15.6. The van der Waals surface area contributed by atoms with Gasteiger partial charge in [0.1, 0.15) is 15.4 Å². The van der Waals surface area contributed by atoms with E-state index in [1.165, 1.54) is 11.3 Å². The van der Waals surface area contributed by atoms with Crippen molar-refractivity contribution in [2.75, 3.05) is 0 Å². The van der Waals surface area contributed by atoms with Crippen LogP contribution in [0.15, 0.2) is 79.1 Å². The molecule has 3 heterocycles. The van der Waals surface area contributed by atoms with Crippen LogP contribution in [0.25, 0.3) is 27.2 Å². The lowest BCUT2D eigenvalue weighted by Gasteiger charge is -2.05. The lowest BCUT2D eigenvalue weighted by atomic mass is 10.1. The van der Waals surface area contributed by atoms with Gasteiger partial charge >= 0.3 is 0 Å². The number of nitrogens with zero attached hydrogens (tertiary/aromatic N) is 3. The molecule has 2 aromatic carbocycles. The molecule has 0 atom stereocenters. The minimum absolute atomic E-state index is 0.235. The number of carbonyl (C=O) groups is 1. The normalized spacial score (nSPS) is 11.1. The van der Waals surface area contributed by atoms with Gasteiger partial charge in [0.15, 0.2) is 0 Å². The second-order valence-electron chi connectivity index (χ2n) is 7.07. The molecule has 0 fully saturated rings. The number of halogens is 2. The molecule has 1 N–H and O–H groups in total. The highest BCUT2D eigenvalue weighted by Crippen LogP contribution is 2.42. The van der Waals surface area contributed by atoms with Crippen molar-refractivity contribution in [2.24, 2.45) is 0 Å². The van der Waals surface area contributed by atoms with Gasteiger partial charge in [-0.3, -0.25) is 9.78 Å². The second kappa shape index (κ2) is 8.74. The fraction of sp³-hybridized carbons (Fsp3) is 0.0417. The summed E-state index contributed by atoms with van der Waals surface area (Å²) >= 11 is 14.2. The third-order valence-electron chi connectivity index (χ3n) is 4.96. The molecular formula is C24H16Cl2N4OS. The highest BCUT2D eigenvalue weighted by molar-refractivity contribution is 7.21. The molecule has 5 rings (SSSR count). The molecule has 3 aromatic heterocycles.